The van der Waals surface area contributed by atoms with E-state index in [1.54, 1.807) is 13.3 Å². The van der Waals surface area contributed by atoms with Crippen molar-refractivity contribution in [2.24, 2.45) is 4.99 Å². The number of allylic oxidation sites excluding steroid dienone is 1. The number of anilines is 5. The van der Waals surface area contributed by atoms with Gasteiger partial charge in [-0.25, -0.2) is 13.8 Å². The third-order valence-electron chi connectivity index (χ3n) is 6.84. The summed E-state index contributed by atoms with van der Waals surface area (Å²) in [5.41, 5.74) is 3.22. The van der Waals surface area contributed by atoms with Gasteiger partial charge >= 0.3 is 0 Å². The van der Waals surface area contributed by atoms with E-state index in [0.717, 1.165) is 24.1 Å². The summed E-state index contributed by atoms with van der Waals surface area (Å²) in [5, 5.41) is 10.5. The van der Waals surface area contributed by atoms with Crippen LogP contribution in [0.15, 0.2) is 29.3 Å². The van der Waals surface area contributed by atoms with Gasteiger partial charge in [-0.1, -0.05) is 19.9 Å². The van der Waals surface area contributed by atoms with Crippen molar-refractivity contribution >= 4 is 51.7 Å². The summed E-state index contributed by atoms with van der Waals surface area (Å²) >= 11 is 0. The lowest BCUT2D eigenvalue weighted by Gasteiger charge is -2.29. The van der Waals surface area contributed by atoms with Gasteiger partial charge in [0, 0.05) is 71.7 Å². The topological polar surface area (TPSA) is 102 Å². The molecule has 3 heterocycles. The maximum atomic E-state index is 15.5. The van der Waals surface area contributed by atoms with Gasteiger partial charge in [0.25, 0.3) is 0 Å². The predicted octanol–water partition coefficient (Wildman–Crippen LogP) is 6.22. The van der Waals surface area contributed by atoms with Gasteiger partial charge in [0.05, 0.1) is 11.4 Å². The van der Waals surface area contributed by atoms with Crippen LogP contribution in [0.2, 0.25) is 0 Å². The molecule has 2 fully saturated rings. The number of aromatic nitrogens is 4. The van der Waals surface area contributed by atoms with E-state index in [1.807, 2.05) is 51.7 Å². The molecule has 41 heavy (non-hydrogen) atoms. The van der Waals surface area contributed by atoms with Gasteiger partial charge in [0.15, 0.2) is 17.5 Å². The largest absolute Gasteiger partial charge is 0.370 e. The second kappa shape index (κ2) is 13.3. The summed E-state index contributed by atoms with van der Waals surface area (Å²) in [7, 11) is 0.655. The molecule has 1 saturated heterocycles. The van der Waals surface area contributed by atoms with Crippen molar-refractivity contribution in [2.45, 2.75) is 53.4 Å². The van der Waals surface area contributed by atoms with Crippen molar-refractivity contribution in [3.63, 3.8) is 0 Å². The Balaban J connectivity index is 0.00000189. The lowest BCUT2D eigenvalue weighted by molar-refractivity contribution is 0.581. The Morgan fingerprint density at radius 1 is 1.15 bits per heavy atom. The number of aliphatic imine (C=N–C) groups is 1. The van der Waals surface area contributed by atoms with Gasteiger partial charge in [0.2, 0.25) is 5.95 Å². The number of nitrogens with one attached hydrogen (secondary N) is 2. The van der Waals surface area contributed by atoms with E-state index in [1.165, 1.54) is 17.0 Å². The average molecular weight is 585 g/mol. The first-order valence-electron chi connectivity index (χ1n) is 14.0. The van der Waals surface area contributed by atoms with Crippen LogP contribution in [-0.4, -0.2) is 62.2 Å². The molecule has 3 aromatic rings. The van der Waals surface area contributed by atoms with Crippen LogP contribution in [0.3, 0.4) is 0 Å². The molecular weight excluding hydrogens is 546 g/mol. The second-order valence-electron chi connectivity index (χ2n) is 9.68. The molecule has 0 atom stereocenters. The lowest BCUT2D eigenvalue weighted by atomic mass is 10.1. The summed E-state index contributed by atoms with van der Waals surface area (Å²) in [6, 6.07) is 4.48. The van der Waals surface area contributed by atoms with Gasteiger partial charge in [0.1, 0.15) is 11.5 Å². The number of hydrogen-bond donors (Lipinski definition) is 2. The highest BCUT2D eigenvalue weighted by atomic mass is 32.2. The Morgan fingerprint density at radius 3 is 2.34 bits per heavy atom. The number of nitrogens with zero attached hydrogens (tertiary/aromatic N) is 6. The van der Waals surface area contributed by atoms with Crippen molar-refractivity contribution in [1.82, 2.24) is 20.2 Å². The molecule has 9 nitrogen and oxygen atoms in total. The Labute approximate surface area is 242 Å². The van der Waals surface area contributed by atoms with Crippen molar-refractivity contribution in [3.8, 4) is 0 Å². The zero-order chi connectivity index (χ0) is 29.7. The number of halogens is 2. The molecule has 2 aliphatic rings. The molecule has 2 aromatic heterocycles. The minimum absolute atomic E-state index is 0.119. The van der Waals surface area contributed by atoms with Gasteiger partial charge < -0.3 is 15.1 Å². The van der Waals surface area contributed by atoms with E-state index in [-0.39, 0.29) is 17.6 Å². The number of H-pyrrole nitrogens is 1. The first-order chi connectivity index (χ1) is 19.8. The summed E-state index contributed by atoms with van der Waals surface area (Å²) in [6.45, 7) is 10.6. The zero-order valence-electron chi connectivity index (χ0n) is 24.5. The molecule has 1 saturated carbocycles. The molecule has 0 bridgehead atoms. The van der Waals surface area contributed by atoms with Crippen molar-refractivity contribution in [3.05, 3.63) is 52.9 Å². The van der Waals surface area contributed by atoms with E-state index >= 15 is 8.78 Å². The smallest absolute Gasteiger partial charge is 0.232 e. The van der Waals surface area contributed by atoms with Crippen LogP contribution < -0.4 is 15.1 Å². The van der Waals surface area contributed by atoms with E-state index in [4.69, 9.17) is 9.97 Å². The van der Waals surface area contributed by atoms with Crippen LogP contribution >= 0.6 is 0 Å². The summed E-state index contributed by atoms with van der Waals surface area (Å²) in [4.78, 5) is 17.2. The minimum Gasteiger partial charge on any atom is -0.370 e. The number of rotatable bonds is 8. The standard InChI is InChI=1S/C27H32F2N8OS.C2H6/c1-5-21(30-6-2)24-23(17-7-8-17)26(31-22-13-16(3)34-35-22)33-27(32-24)36(4)25-19(28)14-18(15-20(25)29)37-9-11-39(38)12-10-37;1-2/h5-6,13-15,17H,7-12H2,1-4H3,(H2,31,32,33,34,35);1-2H3/b21-5-,30-6?;. The van der Waals surface area contributed by atoms with Crippen LogP contribution in [0.1, 0.15) is 63.4 Å². The molecule has 0 amide bonds. The molecule has 0 unspecified atom stereocenters. The van der Waals surface area contributed by atoms with Crippen molar-refractivity contribution in [2.75, 3.05) is 46.8 Å². The second-order valence-corrected chi connectivity index (χ2v) is 11.4. The average Bonchev–Trinajstić information content (AvgIpc) is 3.72. The predicted molar refractivity (Wildman–Crippen MR) is 164 cm³/mol. The highest BCUT2D eigenvalue weighted by Gasteiger charge is 2.33. The molecule has 220 valence electrons. The highest BCUT2D eigenvalue weighted by molar-refractivity contribution is 7.85. The highest BCUT2D eigenvalue weighted by Crippen LogP contribution is 2.47. The van der Waals surface area contributed by atoms with Crippen molar-refractivity contribution in [1.29, 1.82) is 0 Å². The molecular formula is C29H38F2N8OS. The van der Waals surface area contributed by atoms with Gasteiger partial charge in [-0.2, -0.15) is 10.1 Å². The van der Waals surface area contributed by atoms with Crippen molar-refractivity contribution < 1.29 is 13.0 Å². The number of hydrogen-bond acceptors (Lipinski definition) is 8. The Kier molecular flexibility index (Phi) is 9.85. The number of benzene rings is 1. The van der Waals surface area contributed by atoms with E-state index in [9.17, 15) is 4.21 Å². The fourth-order valence-electron chi connectivity index (χ4n) is 4.72. The van der Waals surface area contributed by atoms with Crippen LogP contribution in [0, 0.1) is 18.6 Å². The maximum Gasteiger partial charge on any atom is 0.232 e. The van der Waals surface area contributed by atoms with E-state index < -0.39 is 22.4 Å². The molecule has 12 heteroatoms. The van der Waals surface area contributed by atoms with E-state index in [0.29, 0.717) is 53.3 Å². The molecule has 2 N–H and O–H groups in total. The van der Waals surface area contributed by atoms with Crippen LogP contribution in [0.4, 0.5) is 37.7 Å². The molecule has 0 radical (unpaired) electrons. The fraction of sp³-hybridized carbons (Fsp3) is 0.448. The van der Waals surface area contributed by atoms with Crippen LogP contribution in [0.25, 0.3) is 5.70 Å². The molecule has 1 aliphatic carbocycles. The zero-order valence-corrected chi connectivity index (χ0v) is 25.3. The number of aromatic amines is 1. The molecule has 1 aromatic carbocycles. The summed E-state index contributed by atoms with van der Waals surface area (Å²) in [5.74, 6) is 0.973. The first-order valence-corrected chi connectivity index (χ1v) is 15.5. The first kappa shape index (κ1) is 30.3. The van der Waals surface area contributed by atoms with Gasteiger partial charge in [-0.05, 0) is 51.7 Å². The van der Waals surface area contributed by atoms with E-state index in [2.05, 4.69) is 20.5 Å². The maximum absolute atomic E-state index is 15.5. The normalized spacial score (nSPS) is 16.1. The van der Waals surface area contributed by atoms with Crippen LogP contribution in [0.5, 0.6) is 0 Å². The number of aryl methyl sites for hydroxylation is 1. The molecule has 1 aliphatic heterocycles. The Morgan fingerprint density at radius 2 is 1.80 bits per heavy atom. The van der Waals surface area contributed by atoms with Gasteiger partial charge in [-0.15, -0.1) is 0 Å². The Bertz CT molecular complexity index is 1430. The summed E-state index contributed by atoms with van der Waals surface area (Å²) < 4.78 is 42.7. The third kappa shape index (κ3) is 6.80. The molecule has 0 spiro atoms. The van der Waals surface area contributed by atoms with Crippen LogP contribution in [-0.2, 0) is 10.8 Å². The fourth-order valence-corrected chi connectivity index (χ4v) is 5.78. The van der Waals surface area contributed by atoms with Gasteiger partial charge in [-0.3, -0.25) is 14.3 Å². The lowest BCUT2D eigenvalue weighted by Crippen LogP contribution is -2.37. The SMILES string of the molecule is CC.CC=N/C(=C\C)c1nc(N(C)c2c(F)cc(N3CCS(=O)CC3)cc2F)nc(Nc2cc(C)[nH]n2)c1C1CC1. The minimum atomic E-state index is -0.889. The Hall–Kier alpha value is -3.67. The monoisotopic (exact) mass is 584 g/mol. The quantitative estimate of drug-likeness (QED) is 0.303. The summed E-state index contributed by atoms with van der Waals surface area (Å²) in [6.07, 6.45) is 5.53. The third-order valence-corrected chi connectivity index (χ3v) is 8.11. The molecule has 5 rings (SSSR count).